The van der Waals surface area contributed by atoms with Crippen LogP contribution in [0.15, 0.2) is 48.5 Å². The number of rotatable bonds is 7. The molecule has 0 unspecified atom stereocenters. The molecule has 4 heteroatoms. The van der Waals surface area contributed by atoms with Crippen molar-refractivity contribution >= 4 is 11.6 Å². The number of phenolic OH excluding ortho intramolecular Hbond substituents is 1. The summed E-state index contributed by atoms with van der Waals surface area (Å²) in [7, 11) is 0. The van der Waals surface area contributed by atoms with Crippen LogP contribution in [0, 0.1) is 0 Å². The first kappa shape index (κ1) is 15.9. The number of aromatic hydroxyl groups is 1. The van der Waals surface area contributed by atoms with Gasteiger partial charge in [-0.15, -0.1) is 0 Å². The van der Waals surface area contributed by atoms with Crippen LogP contribution in [-0.4, -0.2) is 17.6 Å². The van der Waals surface area contributed by atoms with Crippen LogP contribution in [0.3, 0.4) is 0 Å². The van der Waals surface area contributed by atoms with Crippen LogP contribution in [0.5, 0.6) is 11.5 Å². The first-order chi connectivity index (χ1) is 10.7. The highest BCUT2D eigenvalue weighted by molar-refractivity contribution is 6.04. The molecule has 0 radical (unpaired) electrons. The summed E-state index contributed by atoms with van der Waals surface area (Å²) in [4.78, 5) is 12.1. The first-order valence-electron chi connectivity index (χ1n) is 7.52. The van der Waals surface area contributed by atoms with E-state index in [4.69, 9.17) is 4.74 Å². The number of amides is 1. The van der Waals surface area contributed by atoms with Gasteiger partial charge in [0, 0.05) is 11.3 Å². The van der Waals surface area contributed by atoms with Gasteiger partial charge in [0.1, 0.15) is 11.5 Å². The van der Waals surface area contributed by atoms with Crippen molar-refractivity contribution in [2.75, 3.05) is 11.9 Å². The molecule has 2 N–H and O–H groups in total. The number of benzene rings is 2. The Morgan fingerprint density at radius 2 is 1.73 bits per heavy atom. The third kappa shape index (κ3) is 4.81. The minimum Gasteiger partial charge on any atom is -0.508 e. The highest BCUT2D eigenvalue weighted by atomic mass is 16.5. The van der Waals surface area contributed by atoms with Crippen molar-refractivity contribution < 1.29 is 14.6 Å². The van der Waals surface area contributed by atoms with Gasteiger partial charge in [-0.3, -0.25) is 4.79 Å². The molecule has 0 saturated carbocycles. The Morgan fingerprint density at radius 3 is 2.36 bits per heavy atom. The number of hydrogen-bond donors (Lipinski definition) is 2. The molecule has 0 aliphatic rings. The predicted octanol–water partition coefficient (Wildman–Crippen LogP) is 4.21. The van der Waals surface area contributed by atoms with Gasteiger partial charge in [0.15, 0.2) is 0 Å². The second kappa shape index (κ2) is 8.08. The number of nitrogens with one attached hydrogen (secondary N) is 1. The highest BCUT2D eigenvalue weighted by Gasteiger charge is 2.06. The van der Waals surface area contributed by atoms with Gasteiger partial charge in [-0.1, -0.05) is 19.8 Å². The maximum absolute atomic E-state index is 12.1. The number of phenols is 1. The molecule has 2 rings (SSSR count). The summed E-state index contributed by atoms with van der Waals surface area (Å²) in [6.45, 7) is 2.86. The number of carbonyl (C=O) groups excluding carboxylic acids is 1. The minimum absolute atomic E-state index is 0.169. The van der Waals surface area contributed by atoms with Gasteiger partial charge in [-0.2, -0.15) is 0 Å². The van der Waals surface area contributed by atoms with Crippen molar-refractivity contribution in [3.63, 3.8) is 0 Å². The molecule has 0 aliphatic carbocycles. The predicted molar refractivity (Wildman–Crippen MR) is 87.5 cm³/mol. The molecule has 0 aliphatic heterocycles. The molecule has 2 aromatic carbocycles. The van der Waals surface area contributed by atoms with Gasteiger partial charge in [0.05, 0.1) is 6.61 Å². The van der Waals surface area contributed by atoms with E-state index >= 15 is 0 Å². The lowest BCUT2D eigenvalue weighted by Crippen LogP contribution is -2.11. The standard InChI is InChI=1S/C18H21NO3/c1-2-3-4-13-22-17-11-5-14(6-12-17)18(21)19-15-7-9-16(20)10-8-15/h5-12,20H,2-4,13H2,1H3,(H,19,21). The Balaban J connectivity index is 1.89. The monoisotopic (exact) mass is 299 g/mol. The zero-order valence-corrected chi connectivity index (χ0v) is 12.7. The summed E-state index contributed by atoms with van der Waals surface area (Å²) < 4.78 is 5.61. The van der Waals surface area contributed by atoms with Gasteiger partial charge in [-0.05, 0) is 55.0 Å². The first-order valence-corrected chi connectivity index (χ1v) is 7.52. The maximum atomic E-state index is 12.1. The van der Waals surface area contributed by atoms with Crippen LogP contribution in [-0.2, 0) is 0 Å². The molecule has 0 atom stereocenters. The maximum Gasteiger partial charge on any atom is 0.255 e. The summed E-state index contributed by atoms with van der Waals surface area (Å²) in [6.07, 6.45) is 3.37. The van der Waals surface area contributed by atoms with Gasteiger partial charge >= 0.3 is 0 Å². The zero-order valence-electron chi connectivity index (χ0n) is 12.7. The van der Waals surface area contributed by atoms with E-state index in [1.54, 1.807) is 36.4 Å². The van der Waals surface area contributed by atoms with Crippen molar-refractivity contribution in [1.82, 2.24) is 0 Å². The molecule has 0 heterocycles. The van der Waals surface area contributed by atoms with E-state index in [1.807, 2.05) is 0 Å². The largest absolute Gasteiger partial charge is 0.508 e. The summed E-state index contributed by atoms with van der Waals surface area (Å²) in [5.41, 5.74) is 1.21. The molecular weight excluding hydrogens is 278 g/mol. The van der Waals surface area contributed by atoms with Crippen molar-refractivity contribution in [2.45, 2.75) is 26.2 Å². The Morgan fingerprint density at radius 1 is 1.05 bits per heavy atom. The normalized spacial score (nSPS) is 10.2. The van der Waals surface area contributed by atoms with Gasteiger partial charge < -0.3 is 15.2 Å². The van der Waals surface area contributed by atoms with E-state index in [1.165, 1.54) is 18.6 Å². The molecule has 2 aromatic rings. The fraction of sp³-hybridized carbons (Fsp3) is 0.278. The third-order valence-corrected chi connectivity index (χ3v) is 3.26. The fourth-order valence-electron chi connectivity index (χ4n) is 1.99. The second-order valence-corrected chi connectivity index (χ2v) is 5.08. The van der Waals surface area contributed by atoms with Crippen LogP contribution < -0.4 is 10.1 Å². The van der Waals surface area contributed by atoms with E-state index in [9.17, 15) is 9.90 Å². The van der Waals surface area contributed by atoms with Crippen LogP contribution in [0.25, 0.3) is 0 Å². The van der Waals surface area contributed by atoms with Crippen LogP contribution in [0.2, 0.25) is 0 Å². The molecule has 0 bridgehead atoms. The Labute approximate surface area is 130 Å². The lowest BCUT2D eigenvalue weighted by atomic mass is 10.2. The Hall–Kier alpha value is -2.49. The topological polar surface area (TPSA) is 58.6 Å². The number of ether oxygens (including phenoxy) is 1. The molecule has 1 amide bonds. The summed E-state index contributed by atoms with van der Waals surface area (Å²) >= 11 is 0. The highest BCUT2D eigenvalue weighted by Crippen LogP contribution is 2.17. The summed E-state index contributed by atoms with van der Waals surface area (Å²) in [6, 6.07) is 13.5. The van der Waals surface area contributed by atoms with E-state index in [2.05, 4.69) is 12.2 Å². The Bertz CT molecular complexity index is 591. The van der Waals surface area contributed by atoms with E-state index in [-0.39, 0.29) is 11.7 Å². The number of hydrogen-bond acceptors (Lipinski definition) is 3. The molecule has 116 valence electrons. The second-order valence-electron chi connectivity index (χ2n) is 5.08. The SMILES string of the molecule is CCCCCOc1ccc(C(=O)Nc2ccc(O)cc2)cc1. The van der Waals surface area contributed by atoms with Gasteiger partial charge in [-0.25, -0.2) is 0 Å². The van der Waals surface area contributed by atoms with E-state index in [0.717, 1.165) is 18.6 Å². The van der Waals surface area contributed by atoms with Gasteiger partial charge in [0.25, 0.3) is 5.91 Å². The summed E-state index contributed by atoms with van der Waals surface area (Å²) in [5, 5.41) is 12.0. The smallest absolute Gasteiger partial charge is 0.255 e. The quantitative estimate of drug-likeness (QED) is 0.594. The number of carbonyl (C=O) groups is 1. The molecule has 0 fully saturated rings. The van der Waals surface area contributed by atoms with Crippen LogP contribution in [0.4, 0.5) is 5.69 Å². The van der Waals surface area contributed by atoms with Crippen molar-refractivity contribution in [3.05, 3.63) is 54.1 Å². The van der Waals surface area contributed by atoms with E-state index in [0.29, 0.717) is 17.9 Å². The average molecular weight is 299 g/mol. The van der Waals surface area contributed by atoms with Gasteiger partial charge in [0.2, 0.25) is 0 Å². The molecule has 4 nitrogen and oxygen atoms in total. The molecule has 0 aromatic heterocycles. The third-order valence-electron chi connectivity index (χ3n) is 3.26. The van der Waals surface area contributed by atoms with Crippen LogP contribution in [0.1, 0.15) is 36.5 Å². The van der Waals surface area contributed by atoms with Crippen molar-refractivity contribution in [2.24, 2.45) is 0 Å². The van der Waals surface area contributed by atoms with E-state index < -0.39 is 0 Å². The average Bonchev–Trinajstić information content (AvgIpc) is 2.54. The lowest BCUT2D eigenvalue weighted by Gasteiger charge is -2.08. The number of anilines is 1. The molecule has 0 saturated heterocycles. The van der Waals surface area contributed by atoms with Crippen LogP contribution >= 0.6 is 0 Å². The van der Waals surface area contributed by atoms with Crippen molar-refractivity contribution in [1.29, 1.82) is 0 Å². The molecule has 0 spiro atoms. The fourth-order valence-corrected chi connectivity index (χ4v) is 1.99. The lowest BCUT2D eigenvalue weighted by molar-refractivity contribution is 0.102. The number of unbranched alkanes of at least 4 members (excludes halogenated alkanes) is 2. The molecular formula is C18H21NO3. The summed E-state index contributed by atoms with van der Waals surface area (Å²) in [5.74, 6) is 0.753. The van der Waals surface area contributed by atoms with Crippen molar-refractivity contribution in [3.8, 4) is 11.5 Å². The Kier molecular flexibility index (Phi) is 5.83. The zero-order chi connectivity index (χ0) is 15.8. The minimum atomic E-state index is -0.191. The molecule has 22 heavy (non-hydrogen) atoms.